The summed E-state index contributed by atoms with van der Waals surface area (Å²) in [6, 6.07) is 0.0737. The molecule has 2 aromatic heterocycles. The van der Waals surface area contributed by atoms with Gasteiger partial charge in [-0.15, -0.1) is 0 Å². The second-order valence-electron chi connectivity index (χ2n) is 5.07. The predicted molar refractivity (Wildman–Crippen MR) is 73.4 cm³/mol. The average molecular weight is 274 g/mol. The quantitative estimate of drug-likeness (QED) is 0.905. The van der Waals surface area contributed by atoms with Gasteiger partial charge in [-0.25, -0.2) is 15.0 Å². The molecule has 7 nitrogen and oxygen atoms in total. The fourth-order valence-corrected chi connectivity index (χ4v) is 2.48. The van der Waals surface area contributed by atoms with E-state index in [1.54, 1.807) is 7.11 Å². The molecule has 1 fully saturated rings. The Balaban J connectivity index is 1.94. The highest BCUT2D eigenvalue weighted by atomic mass is 16.5. The van der Waals surface area contributed by atoms with Crippen LogP contribution in [0.5, 0.6) is 0 Å². The summed E-state index contributed by atoms with van der Waals surface area (Å²) in [4.78, 5) is 15.4. The number of rotatable bonds is 3. The molecule has 2 aromatic rings. The zero-order valence-electron chi connectivity index (χ0n) is 11.9. The lowest BCUT2D eigenvalue weighted by molar-refractivity contribution is 0.118. The highest BCUT2D eigenvalue weighted by molar-refractivity contribution is 5.37. The van der Waals surface area contributed by atoms with E-state index in [-0.39, 0.29) is 12.1 Å². The van der Waals surface area contributed by atoms with Crippen molar-refractivity contribution in [3.05, 3.63) is 29.6 Å². The molecule has 1 saturated heterocycles. The van der Waals surface area contributed by atoms with Crippen molar-refractivity contribution in [3.8, 4) is 0 Å². The van der Waals surface area contributed by atoms with Crippen LogP contribution < -0.4 is 4.90 Å². The van der Waals surface area contributed by atoms with E-state index in [1.165, 1.54) is 6.33 Å². The first kappa shape index (κ1) is 13.0. The molecule has 0 unspecified atom stereocenters. The van der Waals surface area contributed by atoms with Gasteiger partial charge in [-0.2, -0.15) is 5.10 Å². The van der Waals surface area contributed by atoms with Crippen LogP contribution in [0.15, 0.2) is 12.5 Å². The first-order chi connectivity index (χ1) is 9.69. The summed E-state index contributed by atoms with van der Waals surface area (Å²) >= 11 is 0. The fraction of sp³-hybridized carbons (Fsp3) is 0.538. The van der Waals surface area contributed by atoms with Gasteiger partial charge in [0.2, 0.25) is 5.95 Å². The van der Waals surface area contributed by atoms with Gasteiger partial charge in [-0.1, -0.05) is 0 Å². The third-order valence-corrected chi connectivity index (χ3v) is 3.81. The molecule has 0 amide bonds. The van der Waals surface area contributed by atoms with Crippen LogP contribution in [0, 0.1) is 13.8 Å². The molecule has 106 valence electrons. The van der Waals surface area contributed by atoms with Gasteiger partial charge in [0.05, 0.1) is 12.1 Å². The Labute approximate surface area is 117 Å². The topological polar surface area (TPSA) is 79.8 Å². The minimum Gasteiger partial charge on any atom is -0.380 e. The van der Waals surface area contributed by atoms with Crippen molar-refractivity contribution >= 4 is 5.95 Å². The lowest BCUT2D eigenvalue weighted by Gasteiger charge is -2.22. The van der Waals surface area contributed by atoms with E-state index in [0.717, 1.165) is 30.0 Å². The number of anilines is 1. The number of methoxy groups -OCH3 is 1. The van der Waals surface area contributed by atoms with Crippen LogP contribution in [0.25, 0.3) is 0 Å². The number of nitrogens with one attached hydrogen (secondary N) is 1. The van der Waals surface area contributed by atoms with E-state index in [0.29, 0.717) is 5.95 Å². The third-order valence-electron chi connectivity index (χ3n) is 3.81. The maximum absolute atomic E-state index is 5.49. The van der Waals surface area contributed by atoms with Crippen molar-refractivity contribution in [2.24, 2.45) is 0 Å². The number of aromatic amines is 1. The van der Waals surface area contributed by atoms with E-state index in [9.17, 15) is 0 Å². The van der Waals surface area contributed by atoms with Crippen LogP contribution in [-0.2, 0) is 4.74 Å². The Morgan fingerprint density at radius 2 is 2.20 bits per heavy atom. The Morgan fingerprint density at radius 1 is 1.35 bits per heavy atom. The summed E-state index contributed by atoms with van der Waals surface area (Å²) in [5.74, 6) is 1.54. The summed E-state index contributed by atoms with van der Waals surface area (Å²) in [6.07, 6.45) is 4.38. The van der Waals surface area contributed by atoms with E-state index < -0.39 is 0 Å². The Hall–Kier alpha value is -2.02. The molecule has 3 rings (SSSR count). The standard InChI is InChI=1S/C13H18N6O/c1-8-5-14-13(17-9(8)2)19-6-10(20-3)4-11(19)12-15-7-16-18-12/h5,7,10-11H,4,6H2,1-3H3,(H,15,16,18)/t10-,11+/m1/s1. The van der Waals surface area contributed by atoms with Crippen molar-refractivity contribution in [2.75, 3.05) is 18.6 Å². The number of H-pyrrole nitrogens is 1. The lowest BCUT2D eigenvalue weighted by atomic mass is 10.2. The molecule has 0 radical (unpaired) electrons. The van der Waals surface area contributed by atoms with Gasteiger partial charge in [0.15, 0.2) is 0 Å². The van der Waals surface area contributed by atoms with Crippen molar-refractivity contribution in [3.63, 3.8) is 0 Å². The molecule has 3 heterocycles. The molecule has 1 aliphatic heterocycles. The summed E-state index contributed by atoms with van der Waals surface area (Å²) in [5, 5.41) is 6.87. The molecule has 0 saturated carbocycles. The minimum absolute atomic E-state index is 0.0737. The maximum Gasteiger partial charge on any atom is 0.226 e. The number of ether oxygens (including phenoxy) is 1. The molecule has 0 spiro atoms. The largest absolute Gasteiger partial charge is 0.380 e. The van der Waals surface area contributed by atoms with Crippen molar-refractivity contribution in [2.45, 2.75) is 32.4 Å². The van der Waals surface area contributed by atoms with E-state index in [1.807, 2.05) is 20.0 Å². The van der Waals surface area contributed by atoms with Gasteiger partial charge >= 0.3 is 0 Å². The summed E-state index contributed by atoms with van der Waals surface area (Å²) in [7, 11) is 1.73. The number of aromatic nitrogens is 5. The van der Waals surface area contributed by atoms with Crippen LogP contribution in [0.4, 0.5) is 5.95 Å². The second-order valence-corrected chi connectivity index (χ2v) is 5.07. The third kappa shape index (κ3) is 2.24. The zero-order valence-corrected chi connectivity index (χ0v) is 11.9. The zero-order chi connectivity index (χ0) is 14.1. The molecule has 20 heavy (non-hydrogen) atoms. The SMILES string of the molecule is CO[C@@H]1C[C@@H](c2ncn[nH]2)N(c2ncc(C)c(C)n2)C1. The molecule has 7 heteroatoms. The van der Waals surface area contributed by atoms with Gasteiger partial charge in [-0.05, 0) is 19.4 Å². The molecular weight excluding hydrogens is 256 g/mol. The molecule has 1 N–H and O–H groups in total. The minimum atomic E-state index is 0.0737. The number of hydrogen-bond acceptors (Lipinski definition) is 6. The molecule has 0 aromatic carbocycles. The predicted octanol–water partition coefficient (Wildman–Crippen LogP) is 1.18. The van der Waals surface area contributed by atoms with Gasteiger partial charge in [-0.3, -0.25) is 5.10 Å². The molecular formula is C13H18N6O. The van der Waals surface area contributed by atoms with Crippen LogP contribution >= 0.6 is 0 Å². The molecule has 0 aliphatic carbocycles. The Kier molecular flexibility index (Phi) is 3.35. The second kappa shape index (κ2) is 5.16. The van der Waals surface area contributed by atoms with Gasteiger partial charge < -0.3 is 9.64 Å². The van der Waals surface area contributed by atoms with E-state index in [4.69, 9.17) is 4.74 Å². The summed E-state index contributed by atoms with van der Waals surface area (Å²) < 4.78 is 5.49. The number of aryl methyl sites for hydroxylation is 2. The van der Waals surface area contributed by atoms with Gasteiger partial charge in [0.1, 0.15) is 12.2 Å². The van der Waals surface area contributed by atoms with Crippen LogP contribution in [0.3, 0.4) is 0 Å². The molecule has 2 atom stereocenters. The highest BCUT2D eigenvalue weighted by Crippen LogP contribution is 2.33. The van der Waals surface area contributed by atoms with E-state index >= 15 is 0 Å². The van der Waals surface area contributed by atoms with Crippen LogP contribution in [0.2, 0.25) is 0 Å². The summed E-state index contributed by atoms with van der Waals surface area (Å²) in [6.45, 7) is 4.76. The highest BCUT2D eigenvalue weighted by Gasteiger charge is 2.36. The van der Waals surface area contributed by atoms with Crippen molar-refractivity contribution < 1.29 is 4.74 Å². The number of hydrogen-bond donors (Lipinski definition) is 1. The lowest BCUT2D eigenvalue weighted by Crippen LogP contribution is -2.27. The van der Waals surface area contributed by atoms with Crippen LogP contribution in [0.1, 0.15) is 29.5 Å². The Morgan fingerprint density at radius 3 is 2.85 bits per heavy atom. The molecule has 0 bridgehead atoms. The first-order valence-electron chi connectivity index (χ1n) is 6.64. The molecule has 1 aliphatic rings. The van der Waals surface area contributed by atoms with Crippen molar-refractivity contribution in [1.29, 1.82) is 0 Å². The Bertz CT molecular complexity index is 585. The van der Waals surface area contributed by atoms with Crippen molar-refractivity contribution in [1.82, 2.24) is 25.1 Å². The van der Waals surface area contributed by atoms with Gasteiger partial charge in [0.25, 0.3) is 0 Å². The first-order valence-corrected chi connectivity index (χ1v) is 6.64. The summed E-state index contributed by atoms with van der Waals surface area (Å²) in [5.41, 5.74) is 2.08. The van der Waals surface area contributed by atoms with E-state index in [2.05, 4.69) is 30.0 Å². The van der Waals surface area contributed by atoms with Gasteiger partial charge in [0, 0.05) is 32.0 Å². The fourth-order valence-electron chi connectivity index (χ4n) is 2.48. The van der Waals surface area contributed by atoms with Crippen LogP contribution in [-0.4, -0.2) is 44.9 Å². The normalized spacial score (nSPS) is 22.4. The average Bonchev–Trinajstić information content (AvgIpc) is 3.09. The monoisotopic (exact) mass is 274 g/mol. The smallest absolute Gasteiger partial charge is 0.226 e. The number of nitrogens with zero attached hydrogens (tertiary/aromatic N) is 5. The maximum atomic E-state index is 5.49.